The molecule has 0 amide bonds. The highest BCUT2D eigenvalue weighted by Gasteiger charge is 2.21. The lowest BCUT2D eigenvalue weighted by atomic mass is 10.0. The predicted molar refractivity (Wildman–Crippen MR) is 93.0 cm³/mol. The van der Waals surface area contributed by atoms with E-state index in [0.29, 0.717) is 0 Å². The number of nitrogens with one attached hydrogen (secondary N) is 1. The number of aromatic nitrogens is 1. The Balaban J connectivity index is 1.62. The second kappa shape index (κ2) is 6.92. The van der Waals surface area contributed by atoms with Crippen molar-refractivity contribution in [3.63, 3.8) is 0 Å². The third-order valence-corrected chi connectivity index (χ3v) is 4.64. The van der Waals surface area contributed by atoms with Gasteiger partial charge in [-0.3, -0.25) is 14.7 Å². The first kappa shape index (κ1) is 15.7. The molecule has 2 heterocycles. The van der Waals surface area contributed by atoms with Gasteiger partial charge in [0.05, 0.1) is 6.04 Å². The number of carbonyl (C=O) groups excluding carboxylic acids is 1. The topological polar surface area (TPSA) is 45.2 Å². The van der Waals surface area contributed by atoms with Gasteiger partial charge in [0.15, 0.2) is 5.78 Å². The molecule has 120 valence electrons. The smallest absolute Gasteiger partial charge is 0.179 e. The lowest BCUT2D eigenvalue weighted by Gasteiger charge is -2.23. The molecular formula is C19H23N3O. The van der Waals surface area contributed by atoms with Crippen LogP contribution in [0.25, 0.3) is 0 Å². The molecule has 2 aromatic rings. The van der Waals surface area contributed by atoms with Crippen LogP contribution >= 0.6 is 0 Å². The Bertz CT molecular complexity index is 684. The van der Waals surface area contributed by atoms with Crippen molar-refractivity contribution < 1.29 is 4.79 Å². The SMILES string of the molecule is CC(C(=O)c1ccc2c(c1)CCN2)N(C)CCc1ccncc1. The van der Waals surface area contributed by atoms with E-state index in [-0.39, 0.29) is 11.8 Å². The van der Waals surface area contributed by atoms with Crippen LogP contribution in [0.3, 0.4) is 0 Å². The summed E-state index contributed by atoms with van der Waals surface area (Å²) < 4.78 is 0. The number of ketones is 1. The van der Waals surface area contributed by atoms with Crippen LogP contribution in [0.15, 0.2) is 42.7 Å². The molecule has 1 aliphatic heterocycles. The van der Waals surface area contributed by atoms with Crippen molar-refractivity contribution in [2.24, 2.45) is 0 Å². The number of Topliss-reactive ketones (excluding diaryl/α,β-unsaturated/α-hetero) is 1. The van der Waals surface area contributed by atoms with Crippen LogP contribution in [-0.2, 0) is 12.8 Å². The highest BCUT2D eigenvalue weighted by atomic mass is 16.1. The third-order valence-electron chi connectivity index (χ3n) is 4.64. The van der Waals surface area contributed by atoms with Crippen LogP contribution in [0, 0.1) is 0 Å². The number of nitrogens with zero attached hydrogens (tertiary/aromatic N) is 2. The predicted octanol–water partition coefficient (Wildman–Crippen LogP) is 2.80. The van der Waals surface area contributed by atoms with Crippen molar-refractivity contribution in [3.05, 3.63) is 59.4 Å². The molecule has 0 bridgehead atoms. The van der Waals surface area contributed by atoms with E-state index in [1.807, 2.05) is 56.7 Å². The maximum Gasteiger partial charge on any atom is 0.179 e. The van der Waals surface area contributed by atoms with Crippen LogP contribution in [0.1, 0.15) is 28.4 Å². The lowest BCUT2D eigenvalue weighted by Crippen LogP contribution is -2.37. The molecule has 0 saturated carbocycles. The van der Waals surface area contributed by atoms with E-state index in [0.717, 1.165) is 31.5 Å². The minimum absolute atomic E-state index is 0.121. The number of hydrogen-bond acceptors (Lipinski definition) is 4. The van der Waals surface area contributed by atoms with Crippen LogP contribution in [0.5, 0.6) is 0 Å². The van der Waals surface area contributed by atoms with Crippen molar-refractivity contribution in [2.45, 2.75) is 25.8 Å². The van der Waals surface area contributed by atoms with Crippen molar-refractivity contribution >= 4 is 11.5 Å². The van der Waals surface area contributed by atoms with Crippen molar-refractivity contribution in [3.8, 4) is 0 Å². The first-order valence-corrected chi connectivity index (χ1v) is 8.15. The average Bonchev–Trinajstić information content (AvgIpc) is 3.07. The lowest BCUT2D eigenvalue weighted by molar-refractivity contribution is 0.0869. The minimum atomic E-state index is -0.121. The number of rotatable bonds is 6. The summed E-state index contributed by atoms with van der Waals surface area (Å²) in [6, 6.07) is 9.93. The quantitative estimate of drug-likeness (QED) is 0.834. The molecule has 4 heteroatoms. The van der Waals surface area contributed by atoms with E-state index >= 15 is 0 Å². The molecule has 1 aromatic carbocycles. The van der Waals surface area contributed by atoms with Crippen LogP contribution in [-0.4, -0.2) is 41.8 Å². The monoisotopic (exact) mass is 309 g/mol. The summed E-state index contributed by atoms with van der Waals surface area (Å²) in [6.45, 7) is 3.80. The summed E-state index contributed by atoms with van der Waals surface area (Å²) in [5, 5.41) is 3.33. The molecule has 1 N–H and O–H groups in total. The molecule has 1 aliphatic rings. The van der Waals surface area contributed by atoms with Gasteiger partial charge in [-0.15, -0.1) is 0 Å². The van der Waals surface area contributed by atoms with Gasteiger partial charge in [0.25, 0.3) is 0 Å². The molecule has 23 heavy (non-hydrogen) atoms. The van der Waals surface area contributed by atoms with Crippen molar-refractivity contribution in [1.29, 1.82) is 0 Å². The Morgan fingerprint density at radius 1 is 1.30 bits per heavy atom. The number of likely N-dealkylation sites (N-methyl/N-ethyl adjacent to an activating group) is 1. The van der Waals surface area contributed by atoms with Crippen LogP contribution < -0.4 is 5.32 Å². The number of hydrogen-bond donors (Lipinski definition) is 1. The second-order valence-corrected chi connectivity index (χ2v) is 6.17. The fraction of sp³-hybridized carbons (Fsp3) is 0.368. The fourth-order valence-corrected chi connectivity index (χ4v) is 2.95. The van der Waals surface area contributed by atoms with Gasteiger partial charge < -0.3 is 5.32 Å². The van der Waals surface area contributed by atoms with E-state index < -0.39 is 0 Å². The summed E-state index contributed by atoms with van der Waals surface area (Å²) in [7, 11) is 2.01. The zero-order valence-corrected chi connectivity index (χ0v) is 13.7. The highest BCUT2D eigenvalue weighted by Crippen LogP contribution is 2.24. The third kappa shape index (κ3) is 3.59. The molecule has 0 spiro atoms. The first-order valence-electron chi connectivity index (χ1n) is 8.15. The largest absolute Gasteiger partial charge is 0.384 e. The number of pyridine rings is 1. The maximum absolute atomic E-state index is 12.7. The van der Waals surface area contributed by atoms with E-state index in [1.54, 1.807) is 0 Å². The Morgan fingerprint density at radius 3 is 2.87 bits per heavy atom. The summed E-state index contributed by atoms with van der Waals surface area (Å²) in [5.41, 5.74) is 4.48. The summed E-state index contributed by atoms with van der Waals surface area (Å²) in [5.74, 6) is 0.192. The number of carbonyl (C=O) groups is 1. The second-order valence-electron chi connectivity index (χ2n) is 6.17. The Hall–Kier alpha value is -2.20. The van der Waals surface area contributed by atoms with Gasteiger partial charge in [-0.05, 0) is 68.3 Å². The van der Waals surface area contributed by atoms with E-state index in [4.69, 9.17) is 0 Å². The fourth-order valence-electron chi connectivity index (χ4n) is 2.95. The Kier molecular flexibility index (Phi) is 4.72. The van der Waals surface area contributed by atoms with Crippen LogP contribution in [0.2, 0.25) is 0 Å². The molecule has 0 radical (unpaired) electrons. The van der Waals surface area contributed by atoms with Gasteiger partial charge >= 0.3 is 0 Å². The molecule has 1 unspecified atom stereocenters. The molecule has 3 rings (SSSR count). The summed E-state index contributed by atoms with van der Waals surface area (Å²) >= 11 is 0. The van der Waals surface area contributed by atoms with Crippen molar-refractivity contribution in [1.82, 2.24) is 9.88 Å². The Labute approximate surface area is 137 Å². The standard InChI is InChI=1S/C19H23N3O/c1-14(22(2)12-8-15-5-9-20-10-6-15)19(23)17-3-4-18-16(13-17)7-11-21-18/h3-6,9-10,13-14,21H,7-8,11-12H2,1-2H3. The number of fused-ring (bicyclic) bond motifs is 1. The van der Waals surface area contributed by atoms with Gasteiger partial charge in [-0.2, -0.15) is 0 Å². The zero-order valence-electron chi connectivity index (χ0n) is 13.7. The molecule has 4 nitrogen and oxygen atoms in total. The summed E-state index contributed by atoms with van der Waals surface area (Å²) in [4.78, 5) is 18.9. The number of anilines is 1. The van der Waals surface area contributed by atoms with Gasteiger partial charge in [-0.25, -0.2) is 0 Å². The van der Waals surface area contributed by atoms with E-state index in [1.165, 1.54) is 16.8 Å². The van der Waals surface area contributed by atoms with E-state index in [2.05, 4.69) is 15.2 Å². The van der Waals surface area contributed by atoms with Gasteiger partial charge in [-0.1, -0.05) is 0 Å². The Morgan fingerprint density at radius 2 is 2.09 bits per heavy atom. The molecule has 1 aromatic heterocycles. The van der Waals surface area contributed by atoms with Crippen LogP contribution in [0.4, 0.5) is 5.69 Å². The molecule has 0 fully saturated rings. The summed E-state index contributed by atoms with van der Waals surface area (Å²) in [6.07, 6.45) is 5.54. The molecule has 0 aliphatic carbocycles. The van der Waals surface area contributed by atoms with Gasteiger partial charge in [0.2, 0.25) is 0 Å². The molecule has 0 saturated heterocycles. The zero-order chi connectivity index (χ0) is 16.2. The normalized spacial score (nSPS) is 14.4. The van der Waals surface area contributed by atoms with Gasteiger partial charge in [0.1, 0.15) is 0 Å². The first-order chi connectivity index (χ1) is 11.1. The highest BCUT2D eigenvalue weighted by molar-refractivity contribution is 6.00. The number of benzene rings is 1. The van der Waals surface area contributed by atoms with Gasteiger partial charge in [0, 0.05) is 36.7 Å². The maximum atomic E-state index is 12.7. The minimum Gasteiger partial charge on any atom is -0.384 e. The average molecular weight is 309 g/mol. The van der Waals surface area contributed by atoms with E-state index in [9.17, 15) is 4.79 Å². The molecule has 1 atom stereocenters. The van der Waals surface area contributed by atoms with Crippen molar-refractivity contribution in [2.75, 3.05) is 25.5 Å². The molecular weight excluding hydrogens is 286 g/mol.